The Bertz CT molecular complexity index is 208. The van der Waals surface area contributed by atoms with Gasteiger partial charge in [-0.2, -0.15) is 0 Å². The highest BCUT2D eigenvalue weighted by molar-refractivity contribution is 4.91. The summed E-state index contributed by atoms with van der Waals surface area (Å²) in [7, 11) is 0. The molecule has 0 fully saturated rings. The Hall–Kier alpha value is -0.830. The number of hydrogen-bond donors (Lipinski definition) is 1. The molecule has 0 saturated heterocycles. The molecule has 0 unspecified atom stereocenters. The monoisotopic (exact) mass is 154 g/mol. The van der Waals surface area contributed by atoms with Gasteiger partial charge in [0.15, 0.2) is 5.89 Å². The predicted octanol–water partition coefficient (Wildman–Crippen LogP) is 1.48. The van der Waals surface area contributed by atoms with Crippen LogP contribution >= 0.6 is 0 Å². The van der Waals surface area contributed by atoms with Gasteiger partial charge in [0.25, 0.3) is 0 Å². The number of oxazole rings is 1. The molecule has 3 nitrogen and oxygen atoms in total. The third-order valence-corrected chi connectivity index (χ3v) is 1.40. The van der Waals surface area contributed by atoms with E-state index in [0.29, 0.717) is 0 Å². The smallest absolute Gasteiger partial charge is 0.191 e. The van der Waals surface area contributed by atoms with Crippen molar-refractivity contribution in [3.8, 4) is 0 Å². The van der Waals surface area contributed by atoms with E-state index in [1.165, 1.54) is 0 Å². The van der Waals surface area contributed by atoms with Gasteiger partial charge in [0, 0.05) is 6.92 Å². The molecule has 11 heavy (non-hydrogen) atoms. The SMILES string of the molecule is CCCNCc1cnc(C)o1. The lowest BCUT2D eigenvalue weighted by atomic mass is 10.4. The number of nitrogens with zero attached hydrogens (tertiary/aromatic N) is 1. The summed E-state index contributed by atoms with van der Waals surface area (Å²) in [4.78, 5) is 3.99. The highest BCUT2D eigenvalue weighted by Gasteiger charge is 1.96. The van der Waals surface area contributed by atoms with Crippen molar-refractivity contribution in [1.82, 2.24) is 10.3 Å². The molecule has 0 radical (unpaired) electrons. The van der Waals surface area contributed by atoms with Gasteiger partial charge < -0.3 is 9.73 Å². The molecule has 0 bridgehead atoms. The van der Waals surface area contributed by atoms with Gasteiger partial charge in [-0.05, 0) is 13.0 Å². The minimum atomic E-state index is 0.735. The van der Waals surface area contributed by atoms with Crippen molar-refractivity contribution in [3.05, 3.63) is 17.8 Å². The number of aromatic nitrogens is 1. The average Bonchev–Trinajstić information content (AvgIpc) is 2.37. The summed E-state index contributed by atoms with van der Waals surface area (Å²) in [5.74, 6) is 1.65. The highest BCUT2D eigenvalue weighted by atomic mass is 16.4. The van der Waals surface area contributed by atoms with E-state index >= 15 is 0 Å². The molecule has 0 spiro atoms. The fourth-order valence-electron chi connectivity index (χ4n) is 0.875. The Kier molecular flexibility index (Phi) is 3.11. The van der Waals surface area contributed by atoms with Crippen molar-refractivity contribution in [1.29, 1.82) is 0 Å². The first-order valence-electron chi connectivity index (χ1n) is 3.95. The standard InChI is InChI=1S/C8H14N2O/c1-3-4-9-5-8-6-10-7(2)11-8/h6,9H,3-5H2,1-2H3. The van der Waals surface area contributed by atoms with Gasteiger partial charge in [0.05, 0.1) is 12.7 Å². The maximum absolute atomic E-state index is 5.26. The van der Waals surface area contributed by atoms with Crippen molar-refractivity contribution in [3.63, 3.8) is 0 Å². The van der Waals surface area contributed by atoms with E-state index in [9.17, 15) is 0 Å². The van der Waals surface area contributed by atoms with Crippen LogP contribution in [0.2, 0.25) is 0 Å². The molecule has 0 atom stereocenters. The molecule has 0 aliphatic heterocycles. The summed E-state index contributed by atoms with van der Waals surface area (Å²) in [5, 5.41) is 3.23. The molecule has 1 N–H and O–H groups in total. The Morgan fingerprint density at radius 3 is 3.00 bits per heavy atom. The van der Waals surface area contributed by atoms with Crippen LogP contribution in [0, 0.1) is 6.92 Å². The molecule has 0 saturated carbocycles. The molecule has 1 aromatic rings. The lowest BCUT2D eigenvalue weighted by Gasteiger charge is -1.96. The summed E-state index contributed by atoms with van der Waals surface area (Å²) in [6.45, 7) is 5.80. The summed E-state index contributed by atoms with van der Waals surface area (Å²) in [5.41, 5.74) is 0. The van der Waals surface area contributed by atoms with E-state index in [1.807, 2.05) is 6.92 Å². The second kappa shape index (κ2) is 4.13. The normalized spacial score (nSPS) is 10.4. The third kappa shape index (κ3) is 2.72. The van der Waals surface area contributed by atoms with E-state index in [4.69, 9.17) is 4.42 Å². The first-order valence-corrected chi connectivity index (χ1v) is 3.95. The van der Waals surface area contributed by atoms with Crippen LogP contribution in [0.5, 0.6) is 0 Å². The van der Waals surface area contributed by atoms with E-state index in [2.05, 4.69) is 17.2 Å². The molecule has 1 heterocycles. The Morgan fingerprint density at radius 1 is 1.64 bits per heavy atom. The van der Waals surface area contributed by atoms with Crippen LogP contribution < -0.4 is 5.32 Å². The van der Waals surface area contributed by atoms with Crippen LogP contribution in [-0.4, -0.2) is 11.5 Å². The zero-order chi connectivity index (χ0) is 8.10. The van der Waals surface area contributed by atoms with Crippen LogP contribution in [0.1, 0.15) is 25.0 Å². The summed E-state index contributed by atoms with van der Waals surface area (Å²) < 4.78 is 5.26. The first-order chi connectivity index (χ1) is 5.33. The van der Waals surface area contributed by atoms with Crippen LogP contribution in [0.3, 0.4) is 0 Å². The molecule has 62 valence electrons. The van der Waals surface area contributed by atoms with Gasteiger partial charge in [-0.25, -0.2) is 4.98 Å². The van der Waals surface area contributed by atoms with Crippen molar-refractivity contribution < 1.29 is 4.42 Å². The van der Waals surface area contributed by atoms with Gasteiger partial charge in [0.2, 0.25) is 0 Å². The van der Waals surface area contributed by atoms with Crippen LogP contribution in [-0.2, 0) is 6.54 Å². The molecular formula is C8H14N2O. The lowest BCUT2D eigenvalue weighted by molar-refractivity contribution is 0.455. The van der Waals surface area contributed by atoms with Crippen molar-refractivity contribution in [2.45, 2.75) is 26.8 Å². The van der Waals surface area contributed by atoms with Crippen molar-refractivity contribution in [2.24, 2.45) is 0 Å². The highest BCUT2D eigenvalue weighted by Crippen LogP contribution is 2.00. The average molecular weight is 154 g/mol. The number of aryl methyl sites for hydroxylation is 1. The minimum Gasteiger partial charge on any atom is -0.445 e. The van der Waals surface area contributed by atoms with E-state index in [1.54, 1.807) is 6.20 Å². The van der Waals surface area contributed by atoms with Gasteiger partial charge >= 0.3 is 0 Å². The molecular weight excluding hydrogens is 140 g/mol. The minimum absolute atomic E-state index is 0.735. The molecule has 0 amide bonds. The Morgan fingerprint density at radius 2 is 2.45 bits per heavy atom. The van der Waals surface area contributed by atoms with Crippen molar-refractivity contribution >= 4 is 0 Å². The molecule has 1 aromatic heterocycles. The van der Waals surface area contributed by atoms with Crippen LogP contribution in [0.15, 0.2) is 10.6 Å². The molecule has 0 aliphatic rings. The van der Waals surface area contributed by atoms with E-state index in [0.717, 1.165) is 31.2 Å². The van der Waals surface area contributed by atoms with Gasteiger partial charge in [-0.15, -0.1) is 0 Å². The van der Waals surface area contributed by atoms with Crippen molar-refractivity contribution in [2.75, 3.05) is 6.54 Å². The fourth-order valence-corrected chi connectivity index (χ4v) is 0.875. The Labute approximate surface area is 66.8 Å². The quantitative estimate of drug-likeness (QED) is 0.667. The largest absolute Gasteiger partial charge is 0.445 e. The molecule has 0 aliphatic carbocycles. The van der Waals surface area contributed by atoms with Gasteiger partial charge in [-0.3, -0.25) is 0 Å². The zero-order valence-corrected chi connectivity index (χ0v) is 7.05. The topological polar surface area (TPSA) is 38.1 Å². The molecule has 3 heteroatoms. The van der Waals surface area contributed by atoms with E-state index in [-0.39, 0.29) is 0 Å². The second-order valence-corrected chi connectivity index (χ2v) is 2.52. The van der Waals surface area contributed by atoms with Gasteiger partial charge in [0.1, 0.15) is 5.76 Å². The third-order valence-electron chi connectivity index (χ3n) is 1.40. The maximum atomic E-state index is 5.26. The molecule has 1 rings (SSSR count). The summed E-state index contributed by atoms with van der Waals surface area (Å²) in [6.07, 6.45) is 2.91. The summed E-state index contributed by atoms with van der Waals surface area (Å²) >= 11 is 0. The lowest BCUT2D eigenvalue weighted by Crippen LogP contribution is -2.12. The number of hydrogen-bond acceptors (Lipinski definition) is 3. The van der Waals surface area contributed by atoms with Gasteiger partial charge in [-0.1, -0.05) is 6.92 Å². The van der Waals surface area contributed by atoms with E-state index < -0.39 is 0 Å². The van der Waals surface area contributed by atoms with Crippen LogP contribution in [0.25, 0.3) is 0 Å². The summed E-state index contributed by atoms with van der Waals surface area (Å²) in [6, 6.07) is 0. The molecule has 0 aromatic carbocycles. The second-order valence-electron chi connectivity index (χ2n) is 2.52. The fraction of sp³-hybridized carbons (Fsp3) is 0.625. The van der Waals surface area contributed by atoms with Crippen LogP contribution in [0.4, 0.5) is 0 Å². The zero-order valence-electron chi connectivity index (χ0n) is 7.05. The number of rotatable bonds is 4. The number of nitrogens with one attached hydrogen (secondary N) is 1. The maximum Gasteiger partial charge on any atom is 0.191 e. The Balaban J connectivity index is 2.27. The predicted molar refractivity (Wildman–Crippen MR) is 43.2 cm³/mol. The first kappa shape index (κ1) is 8.27.